The minimum Gasteiger partial charge on any atom is -0.478 e. The van der Waals surface area contributed by atoms with Gasteiger partial charge in [0.25, 0.3) is 0 Å². The average molecular weight is 244 g/mol. The van der Waals surface area contributed by atoms with Crippen molar-refractivity contribution in [3.63, 3.8) is 0 Å². The third-order valence-corrected chi connectivity index (χ3v) is 2.23. The van der Waals surface area contributed by atoms with Crippen LogP contribution in [0.15, 0.2) is 30.5 Å². The number of aromatic nitrogens is 1. The van der Waals surface area contributed by atoms with E-state index in [1.54, 1.807) is 18.3 Å². The van der Waals surface area contributed by atoms with Gasteiger partial charge in [0.2, 0.25) is 0 Å². The molecule has 1 aromatic carbocycles. The van der Waals surface area contributed by atoms with Crippen LogP contribution in [0.5, 0.6) is 0 Å². The van der Waals surface area contributed by atoms with Gasteiger partial charge in [-0.3, -0.25) is 4.98 Å². The fourth-order valence-corrected chi connectivity index (χ4v) is 1.51. The van der Waals surface area contributed by atoms with Crippen LogP contribution in [0.25, 0.3) is 10.9 Å². The first-order valence-electron chi connectivity index (χ1n) is 3.96. The second-order valence-electron chi connectivity index (χ2n) is 2.83. The molecule has 1 aromatic heterocycles. The molecule has 0 spiro atoms. The molecule has 0 aliphatic heterocycles. The van der Waals surface area contributed by atoms with E-state index in [9.17, 15) is 4.79 Å². The summed E-state index contributed by atoms with van der Waals surface area (Å²) in [6, 6.07) is 6.69. The summed E-state index contributed by atoms with van der Waals surface area (Å²) in [5.74, 6) is -1.04. The Balaban J connectivity index is 0.00000112. The van der Waals surface area contributed by atoms with E-state index in [1.807, 2.05) is 6.07 Å². The molecule has 3 nitrogen and oxygen atoms in total. The normalized spacial score (nSPS) is 9.67. The van der Waals surface area contributed by atoms with Crippen molar-refractivity contribution in [3.8, 4) is 0 Å². The van der Waals surface area contributed by atoms with Crippen molar-refractivity contribution in [1.82, 2.24) is 4.98 Å². The van der Waals surface area contributed by atoms with Crippen LogP contribution in [0.3, 0.4) is 0 Å². The first-order chi connectivity index (χ1) is 6.68. The Morgan fingerprint density at radius 1 is 1.40 bits per heavy atom. The lowest BCUT2D eigenvalue weighted by Gasteiger charge is -2.01. The molecule has 2 aromatic rings. The Kier molecular flexibility index (Phi) is 3.50. The zero-order valence-corrected chi connectivity index (χ0v) is 9.05. The molecule has 1 N–H and O–H groups in total. The number of carboxylic acid groups (broad SMARTS) is 1. The quantitative estimate of drug-likeness (QED) is 0.838. The van der Waals surface area contributed by atoms with Crippen molar-refractivity contribution in [2.24, 2.45) is 0 Å². The number of carbonyl (C=O) groups is 1. The summed E-state index contributed by atoms with van der Waals surface area (Å²) in [7, 11) is 0. The van der Waals surface area contributed by atoms with Gasteiger partial charge in [-0.25, -0.2) is 4.79 Å². The lowest BCUT2D eigenvalue weighted by molar-refractivity contribution is 0.0697. The van der Waals surface area contributed by atoms with Crippen molar-refractivity contribution in [3.05, 3.63) is 41.0 Å². The Hall–Kier alpha value is -1.32. The number of pyridine rings is 1. The summed E-state index contributed by atoms with van der Waals surface area (Å²) in [5, 5.41) is 9.88. The van der Waals surface area contributed by atoms with Crippen LogP contribution in [0, 0.1) is 0 Å². The van der Waals surface area contributed by atoms with Crippen LogP contribution in [0.2, 0.25) is 5.02 Å². The summed E-state index contributed by atoms with van der Waals surface area (Å²) in [5.41, 5.74) is 0.715. The van der Waals surface area contributed by atoms with E-state index < -0.39 is 5.97 Å². The fraction of sp³-hybridized carbons (Fsp3) is 0. The molecule has 1 heterocycles. The number of hydrogen-bond acceptors (Lipinski definition) is 2. The summed E-state index contributed by atoms with van der Waals surface area (Å²) >= 11 is 5.79. The van der Waals surface area contributed by atoms with E-state index in [1.165, 1.54) is 6.07 Å². The van der Waals surface area contributed by atoms with Crippen LogP contribution in [-0.4, -0.2) is 16.1 Å². The van der Waals surface area contributed by atoms with Crippen LogP contribution in [0.4, 0.5) is 0 Å². The maximum Gasteiger partial charge on any atom is 0.337 e. The molecule has 0 unspecified atom stereocenters. The fourth-order valence-electron chi connectivity index (χ4n) is 1.26. The Morgan fingerprint density at radius 2 is 2.13 bits per heavy atom. The van der Waals surface area contributed by atoms with E-state index in [0.29, 0.717) is 5.52 Å². The minimum absolute atomic E-state index is 0. The molecule has 0 aliphatic carbocycles. The van der Waals surface area contributed by atoms with Crippen LogP contribution < -0.4 is 0 Å². The minimum atomic E-state index is -1.04. The van der Waals surface area contributed by atoms with E-state index in [-0.39, 0.29) is 23.0 Å². The lowest BCUT2D eigenvalue weighted by Crippen LogP contribution is -1.97. The van der Waals surface area contributed by atoms with Gasteiger partial charge < -0.3 is 5.11 Å². The molecule has 2 rings (SSSR count). The van der Waals surface area contributed by atoms with E-state index in [4.69, 9.17) is 16.7 Å². The second kappa shape index (κ2) is 4.47. The van der Waals surface area contributed by atoms with Crippen molar-refractivity contribution in [2.45, 2.75) is 0 Å². The number of benzene rings is 1. The molecule has 15 heavy (non-hydrogen) atoms. The molecule has 0 aliphatic rings. The Bertz CT molecular complexity index is 514. The van der Waals surface area contributed by atoms with Gasteiger partial charge in [-0.2, -0.15) is 0 Å². The summed E-state index contributed by atoms with van der Waals surface area (Å²) in [6.45, 7) is 0. The molecule has 0 atom stereocenters. The predicted molar refractivity (Wildman–Crippen MR) is 61.0 cm³/mol. The topological polar surface area (TPSA) is 50.2 Å². The zero-order chi connectivity index (χ0) is 10.1. The summed E-state index contributed by atoms with van der Waals surface area (Å²) in [6.07, 6.45) is 1.61. The monoisotopic (exact) mass is 243 g/mol. The second-order valence-corrected chi connectivity index (χ2v) is 3.24. The van der Waals surface area contributed by atoms with Gasteiger partial charge in [-0.15, -0.1) is 12.4 Å². The van der Waals surface area contributed by atoms with E-state index in [2.05, 4.69) is 4.98 Å². The number of nitrogens with zero attached hydrogens (tertiary/aromatic N) is 1. The third-order valence-electron chi connectivity index (χ3n) is 1.92. The first-order valence-corrected chi connectivity index (χ1v) is 4.34. The maximum atomic E-state index is 10.8. The van der Waals surface area contributed by atoms with Crippen molar-refractivity contribution < 1.29 is 9.90 Å². The van der Waals surface area contributed by atoms with Gasteiger partial charge in [-0.05, 0) is 18.2 Å². The maximum absolute atomic E-state index is 10.8. The number of rotatable bonds is 1. The van der Waals surface area contributed by atoms with Gasteiger partial charge in [0.05, 0.1) is 16.1 Å². The molecule has 0 amide bonds. The smallest absolute Gasteiger partial charge is 0.337 e. The summed E-state index contributed by atoms with van der Waals surface area (Å²) in [4.78, 5) is 14.8. The van der Waals surface area contributed by atoms with Crippen molar-refractivity contribution >= 4 is 40.9 Å². The Morgan fingerprint density at radius 3 is 2.80 bits per heavy atom. The average Bonchev–Trinajstić information content (AvgIpc) is 2.16. The molecule has 78 valence electrons. The molecule has 0 radical (unpaired) electrons. The number of carboxylic acids is 1. The van der Waals surface area contributed by atoms with E-state index in [0.717, 1.165) is 5.39 Å². The molecule has 0 bridgehead atoms. The van der Waals surface area contributed by atoms with Crippen LogP contribution >= 0.6 is 24.0 Å². The van der Waals surface area contributed by atoms with Gasteiger partial charge in [0.15, 0.2) is 0 Å². The van der Waals surface area contributed by atoms with Gasteiger partial charge in [-0.1, -0.05) is 17.7 Å². The van der Waals surface area contributed by atoms with Gasteiger partial charge in [0.1, 0.15) is 0 Å². The zero-order valence-electron chi connectivity index (χ0n) is 7.48. The van der Waals surface area contributed by atoms with Crippen LogP contribution in [-0.2, 0) is 0 Å². The highest BCUT2D eigenvalue weighted by molar-refractivity contribution is 6.34. The highest BCUT2D eigenvalue weighted by atomic mass is 35.5. The number of aromatic carboxylic acids is 1. The van der Waals surface area contributed by atoms with Crippen molar-refractivity contribution in [1.29, 1.82) is 0 Å². The van der Waals surface area contributed by atoms with Gasteiger partial charge in [0, 0.05) is 11.6 Å². The number of fused-ring (bicyclic) bond motifs is 1. The van der Waals surface area contributed by atoms with Gasteiger partial charge >= 0.3 is 5.97 Å². The molecular weight excluding hydrogens is 237 g/mol. The van der Waals surface area contributed by atoms with Crippen LogP contribution in [0.1, 0.15) is 10.4 Å². The first kappa shape index (κ1) is 11.8. The molecule has 0 saturated heterocycles. The number of halogens is 2. The SMILES string of the molecule is Cl.O=C(O)c1cc2ncccc2cc1Cl. The molecule has 0 fully saturated rings. The summed E-state index contributed by atoms with van der Waals surface area (Å²) < 4.78 is 0. The predicted octanol–water partition coefficient (Wildman–Crippen LogP) is 3.01. The largest absolute Gasteiger partial charge is 0.478 e. The number of hydrogen-bond donors (Lipinski definition) is 1. The molecule has 0 saturated carbocycles. The third kappa shape index (κ3) is 2.19. The highest BCUT2D eigenvalue weighted by Crippen LogP contribution is 2.22. The molecule has 5 heteroatoms. The van der Waals surface area contributed by atoms with Crippen molar-refractivity contribution in [2.75, 3.05) is 0 Å². The lowest BCUT2D eigenvalue weighted by atomic mass is 10.1. The standard InChI is InChI=1S/C10H6ClNO2.ClH/c11-8-4-6-2-1-3-12-9(6)5-7(8)10(13)14;/h1-5H,(H,13,14);1H. The highest BCUT2D eigenvalue weighted by Gasteiger charge is 2.09. The Labute approximate surface area is 97.1 Å². The van der Waals surface area contributed by atoms with E-state index >= 15 is 0 Å². The molecular formula is C10H7Cl2NO2.